The van der Waals surface area contributed by atoms with E-state index in [9.17, 15) is 0 Å². The van der Waals surface area contributed by atoms with Crippen molar-refractivity contribution < 1.29 is 0 Å². The maximum absolute atomic E-state index is 3.65. The van der Waals surface area contributed by atoms with Crippen LogP contribution >= 0.6 is 0 Å². The van der Waals surface area contributed by atoms with E-state index in [4.69, 9.17) is 0 Å². The van der Waals surface area contributed by atoms with E-state index in [2.05, 4.69) is 63.3 Å². The van der Waals surface area contributed by atoms with Crippen molar-refractivity contribution in [2.24, 2.45) is 5.92 Å². The highest BCUT2D eigenvalue weighted by atomic mass is 14.9. The Morgan fingerprint density at radius 2 is 1.67 bits per heavy atom. The predicted octanol–water partition coefficient (Wildman–Crippen LogP) is 3.77. The maximum Gasteiger partial charge on any atom is 0.0294 e. The minimum absolute atomic E-state index is 0.440. The van der Waals surface area contributed by atoms with Gasteiger partial charge in [0.15, 0.2) is 0 Å². The number of hydrogen-bond donors (Lipinski definition) is 1. The lowest BCUT2D eigenvalue weighted by atomic mass is 9.99. The Balaban J connectivity index is 2.52. The molecule has 1 N–H and O–H groups in total. The zero-order valence-corrected chi connectivity index (χ0v) is 10.3. The van der Waals surface area contributed by atoms with Crippen molar-refractivity contribution in [2.75, 3.05) is 0 Å². The van der Waals surface area contributed by atoms with E-state index in [0.29, 0.717) is 12.1 Å². The Kier molecular flexibility index (Phi) is 4.83. The third kappa shape index (κ3) is 3.67. The van der Waals surface area contributed by atoms with Crippen LogP contribution in [0, 0.1) is 5.92 Å². The molecule has 1 heteroatoms. The van der Waals surface area contributed by atoms with Gasteiger partial charge in [0.1, 0.15) is 0 Å². The van der Waals surface area contributed by atoms with Crippen LogP contribution in [0.4, 0.5) is 0 Å². The summed E-state index contributed by atoms with van der Waals surface area (Å²) in [5.41, 5.74) is 1.37. The molecule has 3 atom stereocenters. The first kappa shape index (κ1) is 12.3. The lowest BCUT2D eigenvalue weighted by Gasteiger charge is -2.24. The summed E-state index contributed by atoms with van der Waals surface area (Å²) in [5, 5.41) is 3.65. The summed E-state index contributed by atoms with van der Waals surface area (Å²) in [6.45, 7) is 9.05. The second-order valence-corrected chi connectivity index (χ2v) is 4.47. The summed E-state index contributed by atoms with van der Waals surface area (Å²) < 4.78 is 0. The van der Waals surface area contributed by atoms with E-state index < -0.39 is 0 Å². The fraction of sp³-hybridized carbons (Fsp3) is 0.571. The highest BCUT2D eigenvalue weighted by Gasteiger charge is 2.13. The third-order valence-electron chi connectivity index (χ3n) is 3.31. The minimum Gasteiger partial charge on any atom is -0.307 e. The van der Waals surface area contributed by atoms with Gasteiger partial charge in [0.05, 0.1) is 0 Å². The average Bonchev–Trinajstić information content (AvgIpc) is 2.29. The Labute approximate surface area is 93.9 Å². The molecule has 0 amide bonds. The normalized spacial score (nSPS) is 17.1. The molecular formula is C14H23N. The van der Waals surface area contributed by atoms with Gasteiger partial charge >= 0.3 is 0 Å². The van der Waals surface area contributed by atoms with E-state index in [0.717, 1.165) is 5.92 Å². The van der Waals surface area contributed by atoms with Gasteiger partial charge in [-0.1, -0.05) is 50.6 Å². The van der Waals surface area contributed by atoms with Crippen molar-refractivity contribution in [3.8, 4) is 0 Å². The van der Waals surface area contributed by atoms with Gasteiger partial charge in [-0.05, 0) is 25.3 Å². The van der Waals surface area contributed by atoms with Gasteiger partial charge in [-0.2, -0.15) is 0 Å². The summed E-state index contributed by atoms with van der Waals surface area (Å²) in [6.07, 6.45) is 1.23. The molecule has 0 bridgehead atoms. The first-order valence-electron chi connectivity index (χ1n) is 5.96. The molecule has 1 nitrogen and oxygen atoms in total. The van der Waals surface area contributed by atoms with E-state index >= 15 is 0 Å². The zero-order valence-electron chi connectivity index (χ0n) is 10.3. The van der Waals surface area contributed by atoms with E-state index in [-0.39, 0.29) is 0 Å². The summed E-state index contributed by atoms with van der Waals surface area (Å²) in [5.74, 6) is 0.733. The SMILES string of the molecule is CC[C@H](C)[C@H](C)N[C@@H](C)c1ccccc1. The molecule has 1 aromatic carbocycles. The topological polar surface area (TPSA) is 12.0 Å². The molecule has 15 heavy (non-hydrogen) atoms. The largest absolute Gasteiger partial charge is 0.307 e. The summed E-state index contributed by atoms with van der Waals surface area (Å²) in [7, 11) is 0. The first-order valence-corrected chi connectivity index (χ1v) is 5.96. The van der Waals surface area contributed by atoms with Crippen LogP contribution in [0.2, 0.25) is 0 Å². The van der Waals surface area contributed by atoms with Gasteiger partial charge in [-0.3, -0.25) is 0 Å². The molecule has 0 radical (unpaired) electrons. The highest BCUT2D eigenvalue weighted by molar-refractivity contribution is 5.18. The Morgan fingerprint density at radius 3 is 2.20 bits per heavy atom. The number of nitrogens with one attached hydrogen (secondary N) is 1. The quantitative estimate of drug-likeness (QED) is 0.771. The first-order chi connectivity index (χ1) is 7.15. The van der Waals surface area contributed by atoms with Crippen LogP contribution in [0.3, 0.4) is 0 Å². The van der Waals surface area contributed by atoms with Crippen LogP contribution in [-0.4, -0.2) is 6.04 Å². The number of benzene rings is 1. The van der Waals surface area contributed by atoms with E-state index in [1.54, 1.807) is 0 Å². The van der Waals surface area contributed by atoms with Gasteiger partial charge in [0.2, 0.25) is 0 Å². The Hall–Kier alpha value is -0.820. The molecule has 84 valence electrons. The van der Waals surface area contributed by atoms with E-state index in [1.165, 1.54) is 12.0 Å². The monoisotopic (exact) mass is 205 g/mol. The highest BCUT2D eigenvalue weighted by Crippen LogP contribution is 2.15. The van der Waals surface area contributed by atoms with Crippen molar-refractivity contribution in [3.05, 3.63) is 35.9 Å². The van der Waals surface area contributed by atoms with Gasteiger partial charge < -0.3 is 5.32 Å². The molecular weight excluding hydrogens is 182 g/mol. The molecule has 1 aromatic rings. The average molecular weight is 205 g/mol. The molecule has 0 saturated carbocycles. The van der Waals surface area contributed by atoms with Gasteiger partial charge in [-0.25, -0.2) is 0 Å². The fourth-order valence-corrected chi connectivity index (χ4v) is 1.75. The van der Waals surface area contributed by atoms with Gasteiger partial charge in [0, 0.05) is 12.1 Å². The molecule has 0 aliphatic rings. The van der Waals surface area contributed by atoms with Crippen molar-refractivity contribution in [3.63, 3.8) is 0 Å². The molecule has 0 spiro atoms. The summed E-state index contributed by atoms with van der Waals surface area (Å²) >= 11 is 0. The summed E-state index contributed by atoms with van der Waals surface area (Å²) in [4.78, 5) is 0. The Bertz CT molecular complexity index is 268. The van der Waals surface area contributed by atoms with Crippen LogP contribution in [-0.2, 0) is 0 Å². The molecule has 0 aromatic heterocycles. The van der Waals surface area contributed by atoms with Gasteiger partial charge in [-0.15, -0.1) is 0 Å². The van der Waals surface area contributed by atoms with Crippen LogP contribution in [0.1, 0.15) is 45.7 Å². The predicted molar refractivity (Wildman–Crippen MR) is 66.9 cm³/mol. The standard InChI is InChI=1S/C14H23N/c1-5-11(2)12(3)15-13(4)14-9-7-6-8-10-14/h6-13,15H,5H2,1-4H3/t11-,12-,13-/m0/s1. The van der Waals surface area contributed by atoms with Crippen LogP contribution in [0.5, 0.6) is 0 Å². The Morgan fingerprint density at radius 1 is 1.07 bits per heavy atom. The maximum atomic E-state index is 3.65. The second-order valence-electron chi connectivity index (χ2n) is 4.47. The molecule has 0 unspecified atom stereocenters. The molecule has 1 rings (SSSR count). The molecule has 0 saturated heterocycles. The van der Waals surface area contributed by atoms with Gasteiger partial charge in [0.25, 0.3) is 0 Å². The third-order valence-corrected chi connectivity index (χ3v) is 3.31. The lowest BCUT2D eigenvalue weighted by Crippen LogP contribution is -2.33. The van der Waals surface area contributed by atoms with Crippen molar-refractivity contribution in [1.29, 1.82) is 0 Å². The smallest absolute Gasteiger partial charge is 0.0294 e. The zero-order chi connectivity index (χ0) is 11.3. The van der Waals surface area contributed by atoms with Crippen molar-refractivity contribution in [2.45, 2.75) is 46.2 Å². The van der Waals surface area contributed by atoms with E-state index in [1.807, 2.05) is 0 Å². The number of rotatable bonds is 5. The fourth-order valence-electron chi connectivity index (χ4n) is 1.75. The minimum atomic E-state index is 0.440. The van der Waals surface area contributed by atoms with Crippen LogP contribution in [0.15, 0.2) is 30.3 Å². The molecule has 0 fully saturated rings. The van der Waals surface area contributed by atoms with Crippen LogP contribution in [0.25, 0.3) is 0 Å². The van der Waals surface area contributed by atoms with Crippen LogP contribution < -0.4 is 5.32 Å². The molecule has 0 aliphatic heterocycles. The number of hydrogen-bond acceptors (Lipinski definition) is 1. The second kappa shape index (κ2) is 5.92. The molecule has 0 aliphatic carbocycles. The lowest BCUT2D eigenvalue weighted by molar-refractivity contribution is 0.360. The van der Waals surface area contributed by atoms with Crippen molar-refractivity contribution in [1.82, 2.24) is 5.32 Å². The summed E-state index contributed by atoms with van der Waals surface area (Å²) in [6, 6.07) is 11.6. The molecule has 0 heterocycles. The van der Waals surface area contributed by atoms with Crippen molar-refractivity contribution >= 4 is 0 Å².